The summed E-state index contributed by atoms with van der Waals surface area (Å²) in [6, 6.07) is 10.1. The topological polar surface area (TPSA) is 140 Å². The molecule has 1 aliphatic heterocycles. The smallest absolute Gasteiger partial charge is 0.177 e. The van der Waals surface area contributed by atoms with Gasteiger partial charge in [-0.25, -0.2) is 15.0 Å². The first-order chi connectivity index (χ1) is 14.0. The zero-order valence-electron chi connectivity index (χ0n) is 15.7. The molecular formula is C20H23N5O4. The number of nitrogens with two attached hydrogens (primary N) is 1. The molecule has 1 saturated carbocycles. The van der Waals surface area contributed by atoms with Gasteiger partial charge in [0.15, 0.2) is 17.2 Å². The van der Waals surface area contributed by atoms with Gasteiger partial charge in [-0.15, -0.1) is 0 Å². The van der Waals surface area contributed by atoms with Gasteiger partial charge in [-0.2, -0.15) is 0 Å². The predicted octanol–water partition coefficient (Wildman–Crippen LogP) is 0.296. The van der Waals surface area contributed by atoms with Crippen LogP contribution >= 0.6 is 0 Å². The van der Waals surface area contributed by atoms with E-state index >= 15 is 0 Å². The fourth-order valence-electron chi connectivity index (χ4n) is 4.57. The van der Waals surface area contributed by atoms with Gasteiger partial charge in [0.05, 0.1) is 12.9 Å². The van der Waals surface area contributed by atoms with Crippen LogP contribution in [-0.2, 0) is 15.9 Å². The molecule has 2 aromatic heterocycles. The van der Waals surface area contributed by atoms with E-state index in [1.54, 1.807) is 4.57 Å². The number of benzene rings is 1. The molecule has 0 spiro atoms. The molecule has 0 amide bonds. The van der Waals surface area contributed by atoms with Crippen molar-refractivity contribution in [2.24, 2.45) is 0 Å². The Kier molecular flexibility index (Phi) is 4.11. The van der Waals surface area contributed by atoms with E-state index in [0.29, 0.717) is 17.6 Å². The normalized spacial score (nSPS) is 30.7. The van der Waals surface area contributed by atoms with E-state index in [2.05, 4.69) is 27.1 Å². The van der Waals surface area contributed by atoms with E-state index in [-0.39, 0.29) is 11.2 Å². The van der Waals surface area contributed by atoms with Gasteiger partial charge in [0, 0.05) is 11.8 Å². The molecule has 0 radical (unpaired) electrons. The minimum Gasteiger partial charge on any atom is -0.394 e. The van der Waals surface area contributed by atoms with Gasteiger partial charge < -0.3 is 25.8 Å². The second-order valence-electron chi connectivity index (χ2n) is 7.99. The second kappa shape index (κ2) is 6.46. The summed E-state index contributed by atoms with van der Waals surface area (Å²) >= 11 is 0. The van der Waals surface area contributed by atoms with Crippen molar-refractivity contribution in [2.45, 2.75) is 48.7 Å². The minimum atomic E-state index is -1.35. The van der Waals surface area contributed by atoms with Crippen molar-refractivity contribution in [3.05, 3.63) is 48.5 Å². The van der Waals surface area contributed by atoms with E-state index in [1.807, 2.05) is 18.2 Å². The van der Waals surface area contributed by atoms with Gasteiger partial charge in [-0.05, 0) is 18.4 Å². The third-order valence-corrected chi connectivity index (χ3v) is 6.30. The standard InChI is InChI=1S/C20H23N5O4/c21-17-14-18(23-10-22-17)25(11-24-14)20(16(28)15(27)13(8-26)29-20)9-19(6-7-19)12-4-2-1-3-5-12/h1-5,10-11,13,15-16,26-28H,6-9H2,(H2,21,22,23)/t13-,15-,16-,20-/m1/s1. The average molecular weight is 397 g/mol. The van der Waals surface area contributed by atoms with Crippen molar-refractivity contribution < 1.29 is 20.1 Å². The summed E-state index contributed by atoms with van der Waals surface area (Å²) in [5, 5.41) is 31.4. The minimum absolute atomic E-state index is 0.207. The van der Waals surface area contributed by atoms with E-state index in [9.17, 15) is 15.3 Å². The molecule has 29 heavy (non-hydrogen) atoms. The number of fused-ring (bicyclic) bond motifs is 1. The first-order valence-electron chi connectivity index (χ1n) is 9.65. The van der Waals surface area contributed by atoms with Crippen LogP contribution in [0.5, 0.6) is 0 Å². The predicted molar refractivity (Wildman–Crippen MR) is 104 cm³/mol. The van der Waals surface area contributed by atoms with Crippen LogP contribution in [0.3, 0.4) is 0 Å². The third-order valence-electron chi connectivity index (χ3n) is 6.30. The zero-order chi connectivity index (χ0) is 20.2. The van der Waals surface area contributed by atoms with Crippen molar-refractivity contribution in [2.75, 3.05) is 12.3 Å². The molecule has 1 aromatic carbocycles. The van der Waals surface area contributed by atoms with Gasteiger partial charge >= 0.3 is 0 Å². The molecule has 4 atom stereocenters. The van der Waals surface area contributed by atoms with E-state index < -0.39 is 30.6 Å². The largest absolute Gasteiger partial charge is 0.394 e. The highest BCUT2D eigenvalue weighted by Gasteiger charge is 2.61. The molecule has 152 valence electrons. The number of aliphatic hydroxyl groups is 3. The van der Waals surface area contributed by atoms with Crippen LogP contribution in [0.1, 0.15) is 24.8 Å². The first-order valence-corrected chi connectivity index (χ1v) is 9.65. The Labute approximate surface area is 166 Å². The lowest BCUT2D eigenvalue weighted by atomic mass is 9.84. The number of imidazole rings is 1. The monoisotopic (exact) mass is 397 g/mol. The Morgan fingerprint density at radius 1 is 1.14 bits per heavy atom. The van der Waals surface area contributed by atoms with E-state index in [1.165, 1.54) is 12.7 Å². The van der Waals surface area contributed by atoms with E-state index in [4.69, 9.17) is 10.5 Å². The fraction of sp³-hybridized carbons (Fsp3) is 0.450. The van der Waals surface area contributed by atoms with Crippen LogP contribution in [0.25, 0.3) is 11.2 Å². The Balaban J connectivity index is 1.66. The lowest BCUT2D eigenvalue weighted by Gasteiger charge is -2.37. The number of aromatic nitrogens is 4. The number of aliphatic hydroxyl groups excluding tert-OH is 3. The Morgan fingerprint density at radius 3 is 2.55 bits per heavy atom. The number of ether oxygens (including phenoxy) is 1. The maximum absolute atomic E-state index is 11.1. The quantitative estimate of drug-likeness (QED) is 0.482. The number of hydrogen-bond acceptors (Lipinski definition) is 8. The van der Waals surface area contributed by atoms with Crippen LogP contribution < -0.4 is 5.73 Å². The highest BCUT2D eigenvalue weighted by molar-refractivity contribution is 5.81. The molecule has 2 fully saturated rings. The summed E-state index contributed by atoms with van der Waals surface area (Å²) in [5.41, 5.74) is 6.33. The van der Waals surface area contributed by atoms with Gasteiger partial charge in [0.2, 0.25) is 0 Å². The summed E-state index contributed by atoms with van der Waals surface area (Å²) < 4.78 is 7.82. The number of hydrogen-bond donors (Lipinski definition) is 4. The molecule has 1 aliphatic carbocycles. The van der Waals surface area contributed by atoms with Crippen LogP contribution in [0.2, 0.25) is 0 Å². The Bertz CT molecular complexity index is 1040. The highest BCUT2D eigenvalue weighted by atomic mass is 16.6. The molecule has 5 rings (SSSR count). The molecule has 5 N–H and O–H groups in total. The maximum atomic E-state index is 11.1. The third kappa shape index (κ3) is 2.66. The maximum Gasteiger partial charge on any atom is 0.177 e. The molecular weight excluding hydrogens is 374 g/mol. The molecule has 3 heterocycles. The first kappa shape index (κ1) is 18.4. The van der Waals surface area contributed by atoms with Crippen LogP contribution in [0.15, 0.2) is 43.0 Å². The van der Waals surface area contributed by atoms with Gasteiger partial charge in [0.1, 0.15) is 30.2 Å². The molecule has 1 saturated heterocycles. The van der Waals surface area contributed by atoms with Gasteiger partial charge in [-0.1, -0.05) is 30.3 Å². The number of nitrogens with zero attached hydrogens (tertiary/aromatic N) is 4. The van der Waals surface area contributed by atoms with E-state index in [0.717, 1.165) is 18.4 Å². The van der Waals surface area contributed by atoms with Crippen molar-refractivity contribution in [3.63, 3.8) is 0 Å². The molecule has 2 aliphatic rings. The molecule has 0 bridgehead atoms. The van der Waals surface area contributed by atoms with Crippen LogP contribution in [0, 0.1) is 0 Å². The Hall–Kier alpha value is -2.59. The highest BCUT2D eigenvalue weighted by Crippen LogP contribution is 2.57. The summed E-state index contributed by atoms with van der Waals surface area (Å²) in [6.45, 7) is -0.415. The summed E-state index contributed by atoms with van der Waals surface area (Å²) in [5.74, 6) is 0.222. The lowest BCUT2D eigenvalue weighted by Crippen LogP contribution is -2.47. The fourth-order valence-corrected chi connectivity index (χ4v) is 4.57. The molecule has 9 heteroatoms. The van der Waals surface area contributed by atoms with Crippen molar-refractivity contribution in [1.29, 1.82) is 0 Å². The molecule has 9 nitrogen and oxygen atoms in total. The van der Waals surface area contributed by atoms with Gasteiger partial charge in [-0.3, -0.25) is 4.57 Å². The summed E-state index contributed by atoms with van der Waals surface area (Å²) in [6.07, 6.45) is 1.64. The summed E-state index contributed by atoms with van der Waals surface area (Å²) in [7, 11) is 0. The number of anilines is 1. The van der Waals surface area contributed by atoms with Crippen molar-refractivity contribution in [3.8, 4) is 0 Å². The zero-order valence-corrected chi connectivity index (χ0v) is 15.7. The van der Waals surface area contributed by atoms with Crippen LogP contribution in [0.4, 0.5) is 5.82 Å². The van der Waals surface area contributed by atoms with Crippen molar-refractivity contribution in [1.82, 2.24) is 19.5 Å². The molecule has 3 aromatic rings. The van der Waals surface area contributed by atoms with Crippen molar-refractivity contribution >= 4 is 17.0 Å². The average Bonchev–Trinajstić information content (AvgIpc) is 3.32. The lowest BCUT2D eigenvalue weighted by molar-refractivity contribution is -0.155. The van der Waals surface area contributed by atoms with Crippen LogP contribution in [-0.4, -0.2) is 59.8 Å². The SMILES string of the molecule is Nc1ncnc2c1ncn2[C@]1(CC2(c3ccccc3)CC2)O[C@H](CO)[C@@H](O)[C@H]1O. The second-order valence-corrected chi connectivity index (χ2v) is 7.99. The summed E-state index contributed by atoms with van der Waals surface area (Å²) in [4.78, 5) is 12.6. The number of rotatable bonds is 5. The number of nitrogen functional groups attached to an aromatic ring is 1. The van der Waals surface area contributed by atoms with Gasteiger partial charge in [0.25, 0.3) is 0 Å². The Morgan fingerprint density at radius 2 is 1.90 bits per heavy atom. The molecule has 0 unspecified atom stereocenters.